The molecule has 4 fully saturated rings. The molecule has 0 aromatic rings. The molecule has 0 heterocycles. The van der Waals surface area contributed by atoms with Gasteiger partial charge in [-0.3, -0.25) is 14.4 Å². The summed E-state index contributed by atoms with van der Waals surface area (Å²) >= 11 is 0. The molecule has 0 spiro atoms. The highest BCUT2D eigenvalue weighted by Crippen LogP contribution is 2.75. The number of hydrogen-bond acceptors (Lipinski definition) is 4. The third kappa shape index (κ3) is 4.24. The van der Waals surface area contributed by atoms with Gasteiger partial charge in [-0.1, -0.05) is 74.0 Å². The van der Waals surface area contributed by atoms with E-state index in [-0.39, 0.29) is 51.2 Å². The lowest BCUT2D eigenvalue weighted by molar-refractivity contribution is -0.196. The molecular weight excluding hydrogens is 510 g/mol. The van der Waals surface area contributed by atoms with Crippen molar-refractivity contribution in [2.75, 3.05) is 13.7 Å². The molecule has 230 valence electrons. The predicted molar refractivity (Wildman–Crippen MR) is 163 cm³/mol. The van der Waals surface area contributed by atoms with Crippen LogP contribution in [0.15, 0.2) is 11.6 Å². The molecule has 0 aromatic carbocycles. The quantitative estimate of drug-likeness (QED) is 0.217. The Labute approximate surface area is 249 Å². The minimum absolute atomic E-state index is 0.00769. The summed E-state index contributed by atoms with van der Waals surface area (Å²) in [7, 11) is 1.57. The van der Waals surface area contributed by atoms with Crippen LogP contribution in [0.4, 0.5) is 0 Å². The average molecular weight is 568 g/mol. The summed E-state index contributed by atoms with van der Waals surface area (Å²) in [5.74, 6) is 0.688. The molecule has 5 heteroatoms. The van der Waals surface area contributed by atoms with Crippen molar-refractivity contribution in [1.29, 1.82) is 0 Å². The van der Waals surface area contributed by atoms with Crippen LogP contribution in [-0.4, -0.2) is 31.3 Å². The minimum atomic E-state index is -0.581. The molecular formula is C36H57NO4. The topological polar surface area (TPSA) is 72.5 Å². The maximum atomic E-state index is 13.9. The van der Waals surface area contributed by atoms with Gasteiger partial charge in [0.25, 0.3) is 0 Å². The maximum absolute atomic E-state index is 13.9. The number of hydrogen-bond donors (Lipinski definition) is 1. The summed E-state index contributed by atoms with van der Waals surface area (Å²) in [4.78, 5) is 40.9. The van der Waals surface area contributed by atoms with Crippen molar-refractivity contribution >= 4 is 17.7 Å². The molecule has 8 atom stereocenters. The van der Waals surface area contributed by atoms with Crippen LogP contribution in [0.3, 0.4) is 0 Å². The Balaban J connectivity index is 1.57. The summed E-state index contributed by atoms with van der Waals surface area (Å²) in [6.45, 7) is 21.2. The van der Waals surface area contributed by atoms with Crippen molar-refractivity contribution in [3.8, 4) is 0 Å². The fourth-order valence-corrected chi connectivity index (χ4v) is 11.4. The summed E-state index contributed by atoms with van der Waals surface area (Å²) in [6.07, 6.45) is 11.2. The van der Waals surface area contributed by atoms with Gasteiger partial charge >= 0.3 is 5.97 Å². The lowest BCUT2D eigenvalue weighted by Crippen LogP contribution is -2.66. The van der Waals surface area contributed by atoms with E-state index in [4.69, 9.17) is 4.74 Å². The first kappa shape index (κ1) is 30.8. The van der Waals surface area contributed by atoms with E-state index in [0.717, 1.165) is 51.4 Å². The number of nitrogens with one attached hydrogen (secondary N) is 1. The first-order valence-corrected chi connectivity index (χ1v) is 16.5. The van der Waals surface area contributed by atoms with E-state index in [0.29, 0.717) is 24.8 Å². The molecule has 0 aromatic heterocycles. The molecule has 1 N–H and O–H groups in total. The zero-order valence-electron chi connectivity index (χ0n) is 27.7. The molecule has 5 nitrogen and oxygen atoms in total. The first-order valence-electron chi connectivity index (χ1n) is 16.5. The molecule has 0 saturated heterocycles. The summed E-state index contributed by atoms with van der Waals surface area (Å²) in [5.41, 5.74) is 0.699. The lowest BCUT2D eigenvalue weighted by atomic mass is 9.33. The van der Waals surface area contributed by atoms with Crippen LogP contribution in [0.1, 0.15) is 120 Å². The molecule has 1 amide bonds. The second-order valence-electron chi connectivity index (χ2n) is 17.3. The number of ether oxygens (including phenoxy) is 1. The minimum Gasteiger partial charge on any atom is -0.469 e. The van der Waals surface area contributed by atoms with E-state index in [9.17, 15) is 14.4 Å². The third-order valence-electron chi connectivity index (χ3n) is 14.0. The molecule has 0 aliphatic heterocycles. The van der Waals surface area contributed by atoms with Gasteiger partial charge in [0.15, 0.2) is 5.78 Å². The Morgan fingerprint density at radius 3 is 2.24 bits per heavy atom. The van der Waals surface area contributed by atoms with E-state index in [2.05, 4.69) is 73.7 Å². The van der Waals surface area contributed by atoms with Crippen LogP contribution in [0.2, 0.25) is 0 Å². The molecule has 4 saturated carbocycles. The number of fused-ring (bicyclic) bond motifs is 7. The standard InChI is InChI=1S/C36H57NO4/c1-22(2)21-37-29(39)23-19-33(7)26(32(5,6)28(23)38)13-14-35(9)27(33)12-11-24-25-20-31(3,4)15-17-36(25,30(40)41-10)18-16-34(24,35)8/h11,22-23,25-27H,12-21H2,1-10H3,(H,37,39)/t23?,25?,26?,27?,33-,34+,35+,36-/m0/s1. The van der Waals surface area contributed by atoms with Crippen molar-refractivity contribution in [2.24, 2.45) is 62.1 Å². The number of methoxy groups -OCH3 is 1. The van der Waals surface area contributed by atoms with Gasteiger partial charge in [0, 0.05) is 12.0 Å². The van der Waals surface area contributed by atoms with Crippen LogP contribution in [0.25, 0.3) is 0 Å². The molecule has 5 aliphatic rings. The highest BCUT2D eigenvalue weighted by molar-refractivity contribution is 6.04. The molecule has 5 rings (SSSR count). The summed E-state index contributed by atoms with van der Waals surface area (Å²) in [5, 5.41) is 3.11. The van der Waals surface area contributed by atoms with E-state index in [1.54, 1.807) is 7.11 Å². The van der Waals surface area contributed by atoms with Gasteiger partial charge in [0.1, 0.15) is 0 Å². The van der Waals surface area contributed by atoms with Gasteiger partial charge in [-0.2, -0.15) is 0 Å². The van der Waals surface area contributed by atoms with Crippen molar-refractivity contribution in [3.63, 3.8) is 0 Å². The van der Waals surface area contributed by atoms with Gasteiger partial charge in [0.2, 0.25) is 5.91 Å². The zero-order chi connectivity index (χ0) is 30.4. The maximum Gasteiger partial charge on any atom is 0.312 e. The normalized spacial score (nSPS) is 44.5. The van der Waals surface area contributed by atoms with Crippen LogP contribution < -0.4 is 5.32 Å². The highest BCUT2D eigenvalue weighted by atomic mass is 16.5. The fraction of sp³-hybridized carbons (Fsp3) is 0.861. The van der Waals surface area contributed by atoms with E-state index < -0.39 is 16.7 Å². The Kier molecular flexibility index (Phi) is 7.27. The SMILES string of the molecule is COC(=O)[C@]12CCC(C)(C)CC1C1=CCC3[C@@]4(C)CC(C(=O)NCC(C)C)C(=O)C(C)(C)C4CC[C@@]3(C)[C@]1(C)CC2. The lowest BCUT2D eigenvalue weighted by Gasteiger charge is -2.71. The van der Waals surface area contributed by atoms with Gasteiger partial charge in [-0.05, 0) is 103 Å². The Hall–Kier alpha value is -1.65. The summed E-state index contributed by atoms with van der Waals surface area (Å²) in [6, 6.07) is 0. The Morgan fingerprint density at radius 1 is 0.951 bits per heavy atom. The van der Waals surface area contributed by atoms with Gasteiger partial charge in [0.05, 0.1) is 18.4 Å². The van der Waals surface area contributed by atoms with Crippen molar-refractivity contribution < 1.29 is 19.1 Å². The molecule has 0 bridgehead atoms. The smallest absolute Gasteiger partial charge is 0.312 e. The van der Waals surface area contributed by atoms with Gasteiger partial charge in [-0.25, -0.2) is 0 Å². The van der Waals surface area contributed by atoms with Crippen LogP contribution in [0.5, 0.6) is 0 Å². The molecule has 0 radical (unpaired) electrons. The number of allylic oxidation sites excluding steroid dienone is 2. The first-order chi connectivity index (χ1) is 18.9. The fourth-order valence-electron chi connectivity index (χ4n) is 11.4. The zero-order valence-corrected chi connectivity index (χ0v) is 27.7. The number of ketones is 1. The number of rotatable bonds is 4. The highest BCUT2D eigenvalue weighted by Gasteiger charge is 2.70. The number of amides is 1. The summed E-state index contributed by atoms with van der Waals surface area (Å²) < 4.78 is 5.51. The van der Waals surface area contributed by atoms with Crippen molar-refractivity contribution in [2.45, 2.75) is 120 Å². The van der Waals surface area contributed by atoms with Crippen molar-refractivity contribution in [3.05, 3.63) is 11.6 Å². The van der Waals surface area contributed by atoms with E-state index in [1.165, 1.54) is 5.57 Å². The number of esters is 1. The third-order valence-corrected chi connectivity index (χ3v) is 14.0. The average Bonchev–Trinajstić information content (AvgIpc) is 2.89. The predicted octanol–water partition coefficient (Wildman–Crippen LogP) is 7.53. The monoisotopic (exact) mass is 567 g/mol. The van der Waals surface area contributed by atoms with Crippen LogP contribution in [0, 0.1) is 62.1 Å². The second-order valence-corrected chi connectivity index (χ2v) is 17.3. The van der Waals surface area contributed by atoms with E-state index >= 15 is 0 Å². The second kappa shape index (κ2) is 9.68. The largest absolute Gasteiger partial charge is 0.469 e. The van der Waals surface area contributed by atoms with Gasteiger partial charge in [-0.15, -0.1) is 0 Å². The Bertz CT molecular complexity index is 1150. The molecule has 4 unspecified atom stereocenters. The van der Waals surface area contributed by atoms with E-state index in [1.807, 2.05) is 0 Å². The number of carbonyl (C=O) groups excluding carboxylic acids is 3. The van der Waals surface area contributed by atoms with Crippen LogP contribution >= 0.6 is 0 Å². The number of Topliss-reactive ketones (excluding diaryl/α,β-unsaturated/α-hetero) is 1. The van der Waals surface area contributed by atoms with Crippen LogP contribution in [-0.2, 0) is 19.1 Å². The Morgan fingerprint density at radius 2 is 1.61 bits per heavy atom. The van der Waals surface area contributed by atoms with Gasteiger partial charge < -0.3 is 10.1 Å². The number of carbonyl (C=O) groups is 3. The molecule has 41 heavy (non-hydrogen) atoms. The molecule has 5 aliphatic carbocycles. The van der Waals surface area contributed by atoms with Crippen molar-refractivity contribution in [1.82, 2.24) is 5.32 Å².